The van der Waals surface area contributed by atoms with E-state index in [-0.39, 0.29) is 30.2 Å². The molecular formula is C16H20F2N4O2. The molecule has 0 radical (unpaired) electrons. The maximum Gasteiger partial charge on any atom is 0.282 e. The lowest BCUT2D eigenvalue weighted by molar-refractivity contribution is -0.167. The molecule has 1 atom stereocenters. The minimum Gasteiger partial charge on any atom is -0.334 e. The molecule has 1 aromatic rings. The number of hydrogen-bond donors (Lipinski definition) is 0. The monoisotopic (exact) mass is 338 g/mol. The van der Waals surface area contributed by atoms with Gasteiger partial charge in [-0.05, 0) is 18.9 Å². The lowest BCUT2D eigenvalue weighted by Gasteiger charge is -2.41. The molecule has 2 amide bonds. The number of halogens is 2. The van der Waals surface area contributed by atoms with Crippen molar-refractivity contribution in [3.8, 4) is 0 Å². The van der Waals surface area contributed by atoms with Crippen molar-refractivity contribution in [3.05, 3.63) is 18.0 Å². The van der Waals surface area contributed by atoms with Gasteiger partial charge in [-0.15, -0.1) is 0 Å². The Balaban J connectivity index is 1.45. The number of carbonyl (C=O) groups excluding carboxylic acids is 2. The van der Waals surface area contributed by atoms with Crippen LogP contribution < -0.4 is 0 Å². The zero-order valence-corrected chi connectivity index (χ0v) is 13.3. The topological polar surface area (TPSA) is 58.4 Å². The summed E-state index contributed by atoms with van der Waals surface area (Å²) in [6.07, 6.45) is 4.70. The van der Waals surface area contributed by atoms with Gasteiger partial charge < -0.3 is 9.80 Å². The number of carbonyl (C=O) groups is 2. The zero-order valence-electron chi connectivity index (χ0n) is 13.3. The molecule has 6 nitrogen and oxygen atoms in total. The first-order chi connectivity index (χ1) is 11.4. The minimum absolute atomic E-state index is 0.0964. The summed E-state index contributed by atoms with van der Waals surface area (Å²) >= 11 is 0. The largest absolute Gasteiger partial charge is 0.334 e. The first kappa shape index (κ1) is 15.5. The van der Waals surface area contributed by atoms with Crippen molar-refractivity contribution in [3.63, 3.8) is 0 Å². The molecule has 1 saturated carbocycles. The molecule has 0 spiro atoms. The van der Waals surface area contributed by atoms with Gasteiger partial charge in [0.05, 0.1) is 37.8 Å². The summed E-state index contributed by atoms with van der Waals surface area (Å²) in [5, 5.41) is 4.26. The molecular weight excluding hydrogens is 318 g/mol. The van der Waals surface area contributed by atoms with Gasteiger partial charge >= 0.3 is 0 Å². The molecule has 24 heavy (non-hydrogen) atoms. The SMILES string of the molecule is O=C(C[C@@H]1CN(C(=O)C2CCC2)Cc2ccnn21)N1CC(F)(F)C1. The molecule has 2 fully saturated rings. The maximum absolute atomic E-state index is 13.0. The Morgan fingerprint density at radius 3 is 2.62 bits per heavy atom. The molecule has 3 aliphatic rings. The van der Waals surface area contributed by atoms with Crippen LogP contribution in [0.1, 0.15) is 37.4 Å². The van der Waals surface area contributed by atoms with Crippen LogP contribution in [-0.4, -0.2) is 57.0 Å². The molecule has 0 bridgehead atoms. The highest BCUT2D eigenvalue weighted by molar-refractivity contribution is 5.80. The van der Waals surface area contributed by atoms with E-state index in [1.54, 1.807) is 15.8 Å². The van der Waals surface area contributed by atoms with E-state index in [1.807, 2.05) is 6.07 Å². The van der Waals surface area contributed by atoms with Crippen LogP contribution in [0.5, 0.6) is 0 Å². The second-order valence-corrected chi connectivity index (χ2v) is 7.08. The third-order valence-corrected chi connectivity index (χ3v) is 5.26. The van der Waals surface area contributed by atoms with Gasteiger partial charge in [-0.2, -0.15) is 5.10 Å². The summed E-state index contributed by atoms with van der Waals surface area (Å²) in [6, 6.07) is 1.56. The Morgan fingerprint density at radius 1 is 1.25 bits per heavy atom. The average Bonchev–Trinajstić information content (AvgIpc) is 2.91. The highest BCUT2D eigenvalue weighted by Gasteiger charge is 2.46. The number of likely N-dealkylation sites (tertiary alicyclic amines) is 1. The second-order valence-electron chi connectivity index (χ2n) is 7.08. The van der Waals surface area contributed by atoms with Crippen LogP contribution in [0.3, 0.4) is 0 Å². The number of fused-ring (bicyclic) bond motifs is 1. The van der Waals surface area contributed by atoms with Crippen molar-refractivity contribution in [1.82, 2.24) is 19.6 Å². The Labute approximate surface area is 138 Å². The molecule has 8 heteroatoms. The predicted octanol–water partition coefficient (Wildman–Crippen LogP) is 1.43. The molecule has 0 aromatic carbocycles. The number of rotatable bonds is 3. The fraction of sp³-hybridized carbons (Fsp3) is 0.688. The van der Waals surface area contributed by atoms with Gasteiger partial charge in [0.1, 0.15) is 0 Å². The van der Waals surface area contributed by atoms with Crippen molar-refractivity contribution in [2.45, 2.75) is 44.2 Å². The Bertz CT molecular complexity index is 663. The van der Waals surface area contributed by atoms with E-state index in [4.69, 9.17) is 0 Å². The number of aromatic nitrogens is 2. The van der Waals surface area contributed by atoms with Crippen LogP contribution in [0.15, 0.2) is 12.3 Å². The summed E-state index contributed by atoms with van der Waals surface area (Å²) < 4.78 is 27.7. The molecule has 0 unspecified atom stereocenters. The standard InChI is InChI=1S/C16H20F2N4O2/c17-16(18)9-21(10-16)14(23)6-13-8-20(15(24)11-2-1-3-11)7-12-4-5-19-22(12)13/h4-5,11,13H,1-3,6-10H2/t13-/m1/s1. The molecule has 1 aromatic heterocycles. The zero-order chi connectivity index (χ0) is 16.9. The van der Waals surface area contributed by atoms with Gasteiger partial charge in [-0.1, -0.05) is 6.42 Å². The molecule has 3 heterocycles. The first-order valence-electron chi connectivity index (χ1n) is 8.40. The van der Waals surface area contributed by atoms with Crippen molar-refractivity contribution in [1.29, 1.82) is 0 Å². The molecule has 1 aliphatic carbocycles. The normalized spacial score (nSPS) is 25.7. The molecule has 0 N–H and O–H groups in total. The van der Waals surface area contributed by atoms with E-state index >= 15 is 0 Å². The third kappa shape index (κ3) is 2.67. The number of nitrogens with zero attached hydrogens (tertiary/aromatic N) is 4. The van der Waals surface area contributed by atoms with Crippen LogP contribution in [-0.2, 0) is 16.1 Å². The highest BCUT2D eigenvalue weighted by atomic mass is 19.3. The summed E-state index contributed by atoms with van der Waals surface area (Å²) in [5.41, 5.74) is 0.890. The van der Waals surface area contributed by atoms with E-state index in [1.165, 1.54) is 4.90 Å². The van der Waals surface area contributed by atoms with E-state index in [0.29, 0.717) is 13.1 Å². The number of hydrogen-bond acceptors (Lipinski definition) is 3. The van der Waals surface area contributed by atoms with Crippen LogP contribution in [0.2, 0.25) is 0 Å². The van der Waals surface area contributed by atoms with Crippen molar-refractivity contribution in [2.75, 3.05) is 19.6 Å². The van der Waals surface area contributed by atoms with Crippen LogP contribution in [0, 0.1) is 5.92 Å². The van der Waals surface area contributed by atoms with Crippen LogP contribution in [0.4, 0.5) is 8.78 Å². The van der Waals surface area contributed by atoms with Gasteiger partial charge in [-0.3, -0.25) is 14.3 Å². The summed E-state index contributed by atoms with van der Waals surface area (Å²) in [4.78, 5) is 27.7. The Morgan fingerprint density at radius 2 is 2.00 bits per heavy atom. The second kappa shape index (κ2) is 5.53. The van der Waals surface area contributed by atoms with E-state index in [2.05, 4.69) is 5.10 Å². The fourth-order valence-electron chi connectivity index (χ4n) is 3.64. The lowest BCUT2D eigenvalue weighted by Crippen LogP contribution is -2.59. The van der Waals surface area contributed by atoms with Crippen molar-refractivity contribution in [2.24, 2.45) is 5.92 Å². The quantitative estimate of drug-likeness (QED) is 0.838. The highest BCUT2D eigenvalue weighted by Crippen LogP contribution is 2.33. The molecule has 1 saturated heterocycles. The molecule has 4 rings (SSSR count). The van der Waals surface area contributed by atoms with Gasteiger partial charge in [-0.25, -0.2) is 8.78 Å². The van der Waals surface area contributed by atoms with Gasteiger partial charge in [0.15, 0.2) is 0 Å². The van der Waals surface area contributed by atoms with Crippen LogP contribution in [0.25, 0.3) is 0 Å². The lowest BCUT2D eigenvalue weighted by atomic mass is 9.84. The number of amides is 2. The van der Waals surface area contributed by atoms with E-state index in [0.717, 1.165) is 25.0 Å². The summed E-state index contributed by atoms with van der Waals surface area (Å²) in [5.74, 6) is -2.82. The van der Waals surface area contributed by atoms with Crippen molar-refractivity contribution < 1.29 is 18.4 Å². The maximum atomic E-state index is 13.0. The van der Waals surface area contributed by atoms with Crippen LogP contribution >= 0.6 is 0 Å². The van der Waals surface area contributed by atoms with Gasteiger partial charge in [0.2, 0.25) is 11.8 Å². The smallest absolute Gasteiger partial charge is 0.282 e. The molecule has 130 valence electrons. The van der Waals surface area contributed by atoms with Crippen molar-refractivity contribution >= 4 is 11.8 Å². The summed E-state index contributed by atoms with van der Waals surface area (Å²) in [6.45, 7) is -0.0910. The Kier molecular flexibility index (Phi) is 3.58. The minimum atomic E-state index is -2.76. The molecule has 2 aliphatic heterocycles. The Hall–Kier alpha value is -1.99. The predicted molar refractivity (Wildman–Crippen MR) is 80.2 cm³/mol. The summed E-state index contributed by atoms with van der Waals surface area (Å²) in [7, 11) is 0. The van der Waals surface area contributed by atoms with E-state index < -0.39 is 19.0 Å². The van der Waals surface area contributed by atoms with Gasteiger partial charge in [0.25, 0.3) is 5.92 Å². The van der Waals surface area contributed by atoms with Gasteiger partial charge in [0, 0.05) is 18.7 Å². The average molecular weight is 338 g/mol. The third-order valence-electron chi connectivity index (χ3n) is 5.26. The number of alkyl halides is 2. The van der Waals surface area contributed by atoms with E-state index in [9.17, 15) is 18.4 Å². The fourth-order valence-corrected chi connectivity index (χ4v) is 3.64. The first-order valence-corrected chi connectivity index (χ1v) is 8.40.